The van der Waals surface area contributed by atoms with E-state index >= 15 is 0 Å². The van der Waals surface area contributed by atoms with Gasteiger partial charge in [-0.05, 0) is 37.2 Å². The van der Waals surface area contributed by atoms with Crippen LogP contribution in [0.3, 0.4) is 0 Å². The second kappa shape index (κ2) is 6.03. The summed E-state index contributed by atoms with van der Waals surface area (Å²) in [6, 6.07) is 6.48. The summed E-state index contributed by atoms with van der Waals surface area (Å²) in [5, 5.41) is 7.20. The number of rotatable bonds is 3. The first kappa shape index (κ1) is 14.8. The molecule has 23 heavy (non-hydrogen) atoms. The van der Waals surface area contributed by atoms with Crippen LogP contribution in [0.5, 0.6) is 0 Å². The normalized spacial score (nSPS) is 21.1. The van der Waals surface area contributed by atoms with Gasteiger partial charge in [-0.15, -0.1) is 0 Å². The predicted molar refractivity (Wildman–Crippen MR) is 83.1 cm³/mol. The summed E-state index contributed by atoms with van der Waals surface area (Å²) in [6.45, 7) is 3.93. The summed E-state index contributed by atoms with van der Waals surface area (Å²) in [5.74, 6) is -0.652. The fourth-order valence-electron chi connectivity index (χ4n) is 3.48. The molecule has 0 amide bonds. The maximum Gasteiger partial charge on any atom is 0.181 e. The van der Waals surface area contributed by atoms with Crippen molar-refractivity contribution in [3.8, 4) is 11.3 Å². The zero-order chi connectivity index (χ0) is 15.7. The lowest BCUT2D eigenvalue weighted by Gasteiger charge is -2.38. The van der Waals surface area contributed by atoms with E-state index < -0.39 is 5.79 Å². The molecule has 2 aliphatic rings. The molecule has 1 aromatic heterocycles. The van der Waals surface area contributed by atoms with Crippen LogP contribution in [0.2, 0.25) is 0 Å². The van der Waals surface area contributed by atoms with Gasteiger partial charge in [0.1, 0.15) is 5.82 Å². The number of nitrogens with zero attached hydrogens (tertiary/aromatic N) is 2. The topological polar surface area (TPSA) is 50.4 Å². The molecule has 2 aliphatic heterocycles. The first-order valence-corrected chi connectivity index (χ1v) is 8.03. The molecule has 6 heteroatoms. The van der Waals surface area contributed by atoms with Gasteiger partial charge in [0.15, 0.2) is 5.79 Å². The lowest BCUT2D eigenvalue weighted by molar-refractivity contribution is -0.190. The van der Waals surface area contributed by atoms with Gasteiger partial charge in [0.2, 0.25) is 0 Å². The summed E-state index contributed by atoms with van der Waals surface area (Å²) in [4.78, 5) is 2.34. The molecule has 0 saturated carbocycles. The molecule has 3 heterocycles. The van der Waals surface area contributed by atoms with Crippen LogP contribution in [-0.4, -0.2) is 47.2 Å². The Morgan fingerprint density at radius 2 is 2.00 bits per heavy atom. The first-order chi connectivity index (χ1) is 11.2. The fraction of sp³-hybridized carbons (Fsp3) is 0.471. The molecule has 2 fully saturated rings. The quantitative estimate of drug-likeness (QED) is 0.945. The van der Waals surface area contributed by atoms with Crippen LogP contribution in [0, 0.1) is 5.82 Å². The largest absolute Gasteiger partial charge is 0.346 e. The third-order valence-corrected chi connectivity index (χ3v) is 4.55. The van der Waals surface area contributed by atoms with Gasteiger partial charge in [-0.3, -0.25) is 10.00 Å². The van der Waals surface area contributed by atoms with Crippen LogP contribution in [0.15, 0.2) is 30.5 Å². The highest BCUT2D eigenvalue weighted by Crippen LogP contribution is 2.31. The Labute approximate surface area is 134 Å². The number of aromatic nitrogens is 2. The Morgan fingerprint density at radius 1 is 1.22 bits per heavy atom. The van der Waals surface area contributed by atoms with E-state index in [0.29, 0.717) is 13.2 Å². The molecule has 0 radical (unpaired) electrons. The van der Waals surface area contributed by atoms with Crippen LogP contribution in [0.25, 0.3) is 11.3 Å². The Hall–Kier alpha value is -1.76. The summed E-state index contributed by atoms with van der Waals surface area (Å²) in [5.41, 5.74) is 2.99. The van der Waals surface area contributed by atoms with E-state index in [0.717, 1.165) is 49.3 Å². The number of piperidine rings is 1. The van der Waals surface area contributed by atoms with Crippen molar-refractivity contribution in [2.75, 3.05) is 26.3 Å². The number of likely N-dealkylation sites (tertiary alicyclic amines) is 1. The predicted octanol–water partition coefficient (Wildman–Crippen LogP) is 2.55. The Kier molecular flexibility index (Phi) is 3.88. The van der Waals surface area contributed by atoms with Gasteiger partial charge in [-0.2, -0.15) is 5.10 Å². The molecular weight excluding hydrogens is 297 g/mol. The zero-order valence-corrected chi connectivity index (χ0v) is 12.9. The van der Waals surface area contributed by atoms with E-state index in [4.69, 9.17) is 9.47 Å². The molecule has 122 valence electrons. The molecule has 1 aromatic carbocycles. The Morgan fingerprint density at radius 3 is 2.78 bits per heavy atom. The molecule has 4 rings (SSSR count). The smallest absolute Gasteiger partial charge is 0.181 e. The van der Waals surface area contributed by atoms with Gasteiger partial charge >= 0.3 is 0 Å². The molecule has 0 bridgehead atoms. The molecular formula is C17H20FN3O2. The third kappa shape index (κ3) is 3.02. The van der Waals surface area contributed by atoms with Crippen molar-refractivity contribution in [1.29, 1.82) is 0 Å². The standard InChI is InChI=1S/C17H20FN3O2/c18-15-4-2-13(3-5-15)16-14(10-19-20-16)11-21-7-1-6-17(12-21)22-8-9-23-17/h2-5,10H,1,6-9,11-12H2,(H,19,20). The Balaban J connectivity index is 1.51. The van der Waals surface area contributed by atoms with Crippen LogP contribution < -0.4 is 0 Å². The highest BCUT2D eigenvalue weighted by molar-refractivity contribution is 5.62. The Bertz CT molecular complexity index is 665. The van der Waals surface area contributed by atoms with Crippen molar-refractivity contribution in [2.24, 2.45) is 0 Å². The number of ether oxygens (including phenoxy) is 2. The minimum atomic E-state index is -0.419. The summed E-state index contributed by atoms with van der Waals surface area (Å²) < 4.78 is 24.8. The van der Waals surface area contributed by atoms with E-state index in [9.17, 15) is 4.39 Å². The summed E-state index contributed by atoms with van der Waals surface area (Å²) in [6.07, 6.45) is 3.86. The number of hydrogen-bond acceptors (Lipinski definition) is 4. The second-order valence-electron chi connectivity index (χ2n) is 6.20. The van der Waals surface area contributed by atoms with E-state index in [1.807, 2.05) is 6.20 Å². The fourth-order valence-corrected chi connectivity index (χ4v) is 3.48. The van der Waals surface area contributed by atoms with Gasteiger partial charge in [0.05, 0.1) is 31.6 Å². The molecule has 1 N–H and O–H groups in total. The highest BCUT2D eigenvalue weighted by atomic mass is 19.1. The van der Waals surface area contributed by atoms with Crippen molar-refractivity contribution in [3.05, 3.63) is 41.8 Å². The van der Waals surface area contributed by atoms with E-state index in [1.165, 1.54) is 12.1 Å². The van der Waals surface area contributed by atoms with E-state index in [2.05, 4.69) is 15.1 Å². The third-order valence-electron chi connectivity index (χ3n) is 4.55. The number of aromatic amines is 1. The number of nitrogens with one attached hydrogen (secondary N) is 1. The van der Waals surface area contributed by atoms with Gasteiger partial charge in [-0.1, -0.05) is 0 Å². The summed E-state index contributed by atoms with van der Waals surface area (Å²) in [7, 11) is 0. The average Bonchev–Trinajstić information content (AvgIpc) is 3.18. The molecule has 2 saturated heterocycles. The van der Waals surface area contributed by atoms with Crippen molar-refractivity contribution in [2.45, 2.75) is 25.2 Å². The second-order valence-corrected chi connectivity index (χ2v) is 6.20. The van der Waals surface area contributed by atoms with Crippen molar-refractivity contribution >= 4 is 0 Å². The minimum Gasteiger partial charge on any atom is -0.346 e. The molecule has 0 atom stereocenters. The van der Waals surface area contributed by atoms with Crippen molar-refractivity contribution in [3.63, 3.8) is 0 Å². The highest BCUT2D eigenvalue weighted by Gasteiger charge is 2.40. The first-order valence-electron chi connectivity index (χ1n) is 8.03. The molecule has 5 nitrogen and oxygen atoms in total. The minimum absolute atomic E-state index is 0.233. The van der Waals surface area contributed by atoms with Gasteiger partial charge in [0, 0.05) is 24.1 Å². The maximum absolute atomic E-state index is 13.1. The van der Waals surface area contributed by atoms with Crippen molar-refractivity contribution < 1.29 is 13.9 Å². The van der Waals surface area contributed by atoms with E-state index in [-0.39, 0.29) is 5.82 Å². The van der Waals surface area contributed by atoms with E-state index in [1.54, 1.807) is 12.1 Å². The number of hydrogen-bond donors (Lipinski definition) is 1. The molecule has 0 unspecified atom stereocenters. The molecule has 1 spiro atoms. The number of H-pyrrole nitrogens is 1. The van der Waals surface area contributed by atoms with Gasteiger partial charge < -0.3 is 9.47 Å². The van der Waals surface area contributed by atoms with Gasteiger partial charge in [0.25, 0.3) is 0 Å². The van der Waals surface area contributed by atoms with Crippen LogP contribution in [0.1, 0.15) is 18.4 Å². The van der Waals surface area contributed by atoms with Crippen molar-refractivity contribution in [1.82, 2.24) is 15.1 Å². The SMILES string of the molecule is Fc1ccc(-c2[nH]ncc2CN2CCCC3(C2)OCCO3)cc1. The zero-order valence-electron chi connectivity index (χ0n) is 12.9. The van der Waals surface area contributed by atoms with Gasteiger partial charge in [-0.25, -0.2) is 4.39 Å². The monoisotopic (exact) mass is 317 g/mol. The van der Waals surface area contributed by atoms with Crippen LogP contribution >= 0.6 is 0 Å². The maximum atomic E-state index is 13.1. The lowest BCUT2D eigenvalue weighted by atomic mass is 10.0. The summed E-state index contributed by atoms with van der Waals surface area (Å²) >= 11 is 0. The lowest BCUT2D eigenvalue weighted by Crippen LogP contribution is -2.48. The number of benzene rings is 1. The molecule has 0 aliphatic carbocycles. The number of halogens is 1. The van der Waals surface area contributed by atoms with Crippen LogP contribution in [-0.2, 0) is 16.0 Å². The molecule has 2 aromatic rings. The average molecular weight is 317 g/mol. The van der Waals surface area contributed by atoms with Crippen LogP contribution in [0.4, 0.5) is 4.39 Å².